The smallest absolute Gasteiger partial charge is 0.196 e. The van der Waals surface area contributed by atoms with E-state index in [1.54, 1.807) is 20.0 Å². The molecular formula is C22H24N2O4. The molecule has 0 spiro atoms. The molecule has 2 aliphatic heterocycles. The molecule has 3 fully saturated rings. The summed E-state index contributed by atoms with van der Waals surface area (Å²) >= 11 is 0. The second kappa shape index (κ2) is 6.03. The molecular weight excluding hydrogens is 356 g/mol. The highest BCUT2D eigenvalue weighted by atomic mass is 16.5. The van der Waals surface area contributed by atoms with Crippen molar-refractivity contribution in [3.8, 4) is 11.3 Å². The van der Waals surface area contributed by atoms with Gasteiger partial charge in [-0.1, -0.05) is 0 Å². The van der Waals surface area contributed by atoms with Gasteiger partial charge in [-0.25, -0.2) is 0 Å². The van der Waals surface area contributed by atoms with E-state index in [0.29, 0.717) is 34.0 Å². The van der Waals surface area contributed by atoms with Gasteiger partial charge in [0.05, 0.1) is 36.0 Å². The zero-order valence-electron chi connectivity index (χ0n) is 16.4. The van der Waals surface area contributed by atoms with E-state index in [4.69, 9.17) is 9.15 Å². The minimum Gasteiger partial charge on any atom is -0.455 e. The van der Waals surface area contributed by atoms with Gasteiger partial charge in [-0.15, -0.1) is 0 Å². The molecule has 28 heavy (non-hydrogen) atoms. The molecule has 4 heterocycles. The number of ether oxygens (including phenoxy) is 1. The Morgan fingerprint density at radius 3 is 2.82 bits per heavy atom. The third-order valence-corrected chi connectivity index (χ3v) is 6.18. The molecule has 3 aromatic rings. The van der Waals surface area contributed by atoms with Crippen LogP contribution in [-0.4, -0.2) is 27.6 Å². The molecule has 3 aliphatic rings. The summed E-state index contributed by atoms with van der Waals surface area (Å²) in [5, 5.41) is 15.2. The average molecular weight is 380 g/mol. The predicted molar refractivity (Wildman–Crippen MR) is 105 cm³/mol. The summed E-state index contributed by atoms with van der Waals surface area (Å²) in [7, 11) is 0. The van der Waals surface area contributed by atoms with Gasteiger partial charge in [-0.3, -0.25) is 9.48 Å². The quantitative estimate of drug-likeness (QED) is 0.749. The summed E-state index contributed by atoms with van der Waals surface area (Å²) in [6.07, 6.45) is 5.59. The van der Waals surface area contributed by atoms with E-state index in [2.05, 4.69) is 5.10 Å². The second-order valence-electron chi connectivity index (χ2n) is 8.56. The largest absolute Gasteiger partial charge is 0.455 e. The lowest BCUT2D eigenvalue weighted by Crippen LogP contribution is -2.36. The van der Waals surface area contributed by atoms with Gasteiger partial charge in [0.25, 0.3) is 0 Å². The number of fused-ring (bicyclic) bond motifs is 2. The van der Waals surface area contributed by atoms with Gasteiger partial charge < -0.3 is 14.3 Å². The maximum Gasteiger partial charge on any atom is 0.196 e. The van der Waals surface area contributed by atoms with E-state index in [0.717, 1.165) is 37.1 Å². The van der Waals surface area contributed by atoms with Crippen LogP contribution in [0.2, 0.25) is 0 Å². The van der Waals surface area contributed by atoms with Crippen molar-refractivity contribution in [2.24, 2.45) is 5.41 Å². The first kappa shape index (κ1) is 17.6. The number of hydrogen-bond donors (Lipinski definition) is 1. The van der Waals surface area contributed by atoms with Crippen molar-refractivity contribution in [2.45, 2.75) is 52.4 Å². The number of benzene rings is 1. The lowest BCUT2D eigenvalue weighted by molar-refractivity contribution is 0.104. The monoisotopic (exact) mass is 380 g/mol. The third kappa shape index (κ3) is 2.63. The molecule has 0 amide bonds. The fourth-order valence-corrected chi connectivity index (χ4v) is 4.68. The minimum atomic E-state index is -0.725. The van der Waals surface area contributed by atoms with Crippen LogP contribution in [0.5, 0.6) is 0 Å². The number of aryl methyl sites for hydroxylation is 1. The molecule has 2 aromatic heterocycles. The molecule has 1 saturated carbocycles. The Labute approximate surface area is 162 Å². The predicted octanol–water partition coefficient (Wildman–Crippen LogP) is 3.51. The number of nitrogens with zero attached hydrogens (tertiary/aromatic N) is 2. The normalized spacial score (nSPS) is 24.5. The highest BCUT2D eigenvalue weighted by Crippen LogP contribution is 2.51. The van der Waals surface area contributed by atoms with Crippen LogP contribution < -0.4 is 5.43 Å². The zero-order chi connectivity index (χ0) is 19.6. The zero-order valence-corrected chi connectivity index (χ0v) is 16.4. The fraction of sp³-hybridized carbons (Fsp3) is 0.455. The van der Waals surface area contributed by atoms with Crippen molar-refractivity contribution in [1.82, 2.24) is 9.78 Å². The van der Waals surface area contributed by atoms with Crippen LogP contribution in [0.25, 0.3) is 22.3 Å². The number of aromatic nitrogens is 2. The fourth-order valence-electron chi connectivity index (χ4n) is 4.68. The number of aliphatic hydroxyl groups excluding tert-OH is 1. The van der Waals surface area contributed by atoms with Crippen molar-refractivity contribution in [3.63, 3.8) is 0 Å². The van der Waals surface area contributed by atoms with Gasteiger partial charge in [-0.05, 0) is 51.3 Å². The second-order valence-corrected chi connectivity index (χ2v) is 8.56. The highest BCUT2D eigenvalue weighted by Gasteiger charge is 2.52. The molecule has 1 N–H and O–H groups in total. The van der Waals surface area contributed by atoms with Crippen molar-refractivity contribution in [2.75, 3.05) is 6.61 Å². The van der Waals surface area contributed by atoms with Crippen LogP contribution >= 0.6 is 0 Å². The number of hydrogen-bond acceptors (Lipinski definition) is 5. The summed E-state index contributed by atoms with van der Waals surface area (Å²) in [5.41, 5.74) is 3.48. The Morgan fingerprint density at radius 1 is 1.36 bits per heavy atom. The van der Waals surface area contributed by atoms with E-state index in [-0.39, 0.29) is 10.8 Å². The first-order valence-electron chi connectivity index (χ1n) is 9.76. The topological polar surface area (TPSA) is 77.5 Å². The molecule has 0 radical (unpaired) electrons. The van der Waals surface area contributed by atoms with Crippen molar-refractivity contribution < 1.29 is 14.3 Å². The Balaban J connectivity index is 1.59. The van der Waals surface area contributed by atoms with Crippen LogP contribution in [0.1, 0.15) is 42.6 Å². The van der Waals surface area contributed by atoms with Gasteiger partial charge in [-0.2, -0.15) is 5.10 Å². The van der Waals surface area contributed by atoms with Crippen LogP contribution in [-0.2, 0) is 11.3 Å². The van der Waals surface area contributed by atoms with Crippen molar-refractivity contribution in [3.05, 3.63) is 51.4 Å². The number of aliphatic hydroxyl groups is 1. The molecule has 2 bridgehead atoms. The van der Waals surface area contributed by atoms with Crippen molar-refractivity contribution in [1.29, 1.82) is 0 Å². The van der Waals surface area contributed by atoms with Gasteiger partial charge in [0.15, 0.2) is 5.43 Å². The standard InChI is InChI=1S/C22H24N2O4/c1-12-4-17(14(3)25)21-18(5-12)19(26)13(2)20(28-21)15-8-23-24(9-15)10-22-6-16(7-22)27-11-22/h4-5,8-9,14,16,25H,6-7,10-11H2,1-3H3/t14-,16?,22?/m1/s1. The highest BCUT2D eigenvalue weighted by molar-refractivity contribution is 5.84. The molecule has 6 nitrogen and oxygen atoms in total. The summed E-state index contributed by atoms with van der Waals surface area (Å²) in [5.74, 6) is 0.515. The number of rotatable bonds is 4. The molecule has 1 aromatic carbocycles. The average Bonchev–Trinajstić information content (AvgIpc) is 3.34. The third-order valence-electron chi connectivity index (χ3n) is 6.18. The SMILES string of the molecule is Cc1cc([C@@H](C)O)c2oc(-c3cnn(CC45COC(C4)C5)c3)c(C)c(=O)c2c1. The van der Waals surface area contributed by atoms with Gasteiger partial charge >= 0.3 is 0 Å². The summed E-state index contributed by atoms with van der Waals surface area (Å²) < 4.78 is 13.8. The molecule has 6 rings (SSSR count). The van der Waals surface area contributed by atoms with E-state index >= 15 is 0 Å². The molecule has 2 saturated heterocycles. The van der Waals surface area contributed by atoms with Crippen LogP contribution in [0.4, 0.5) is 0 Å². The molecule has 146 valence electrons. The van der Waals surface area contributed by atoms with Gasteiger partial charge in [0.1, 0.15) is 11.3 Å². The Morgan fingerprint density at radius 2 is 2.14 bits per heavy atom. The van der Waals surface area contributed by atoms with E-state index in [9.17, 15) is 9.90 Å². The van der Waals surface area contributed by atoms with E-state index in [1.165, 1.54) is 0 Å². The van der Waals surface area contributed by atoms with Crippen LogP contribution in [0, 0.1) is 19.3 Å². The first-order valence-corrected chi connectivity index (χ1v) is 9.76. The molecule has 1 atom stereocenters. The lowest BCUT2D eigenvalue weighted by atomic mass is 9.70. The van der Waals surface area contributed by atoms with Crippen molar-refractivity contribution >= 4 is 11.0 Å². The first-order chi connectivity index (χ1) is 13.3. The molecule has 1 aliphatic carbocycles. The Bertz CT molecular complexity index is 1130. The van der Waals surface area contributed by atoms with Gasteiger partial charge in [0.2, 0.25) is 0 Å². The summed E-state index contributed by atoms with van der Waals surface area (Å²) in [6.45, 7) is 6.99. The Kier molecular flexibility index (Phi) is 3.80. The molecule has 6 heteroatoms. The van der Waals surface area contributed by atoms with E-state index in [1.807, 2.05) is 29.9 Å². The van der Waals surface area contributed by atoms with Crippen LogP contribution in [0.15, 0.2) is 33.7 Å². The summed E-state index contributed by atoms with van der Waals surface area (Å²) in [4.78, 5) is 13.0. The van der Waals surface area contributed by atoms with Crippen LogP contribution in [0.3, 0.4) is 0 Å². The lowest BCUT2D eigenvalue weighted by Gasteiger charge is -2.34. The Hall–Kier alpha value is -2.44. The maximum absolute atomic E-state index is 13.0. The maximum atomic E-state index is 13.0. The van der Waals surface area contributed by atoms with Gasteiger partial charge in [0, 0.05) is 29.3 Å². The molecule has 0 unspecified atom stereocenters. The van der Waals surface area contributed by atoms with E-state index < -0.39 is 6.10 Å². The minimum absolute atomic E-state index is 0.0702. The summed E-state index contributed by atoms with van der Waals surface area (Å²) in [6, 6.07) is 3.68.